The van der Waals surface area contributed by atoms with Gasteiger partial charge in [0.25, 0.3) is 0 Å². The van der Waals surface area contributed by atoms with E-state index in [-0.39, 0.29) is 0 Å². The molecule has 2 N–H and O–H groups in total. The molecule has 1 unspecified atom stereocenters. The fraction of sp³-hybridized carbons (Fsp3) is 0.500. The highest BCUT2D eigenvalue weighted by atomic mass is 35.5. The Hall–Kier alpha value is -1.26. The Morgan fingerprint density at radius 3 is 2.42 bits per heavy atom. The highest BCUT2D eigenvalue weighted by molar-refractivity contribution is 6.33. The molecular weight excluding hydrogens is 266 g/mol. The summed E-state index contributed by atoms with van der Waals surface area (Å²) in [6, 6.07) is 7.07. The Bertz CT molecular complexity index is 462. The third-order valence-electron chi connectivity index (χ3n) is 3.09. The minimum absolute atomic E-state index is 0.303. The molecule has 1 aromatic carbocycles. The molecule has 1 atom stereocenters. The fourth-order valence-corrected chi connectivity index (χ4v) is 2.14. The van der Waals surface area contributed by atoms with E-state index in [1.807, 2.05) is 13.8 Å². The number of ether oxygens (including phenoxy) is 1. The quantitative estimate of drug-likeness (QED) is 0.841. The predicted octanol–water partition coefficient (Wildman–Crippen LogP) is 3.41. The minimum Gasteiger partial charge on any atom is -0.480 e. The molecule has 0 spiro atoms. The molecule has 0 aliphatic rings. The number of hydrogen-bond acceptors (Lipinski definition) is 3. The summed E-state index contributed by atoms with van der Waals surface area (Å²) in [4.78, 5) is 11.6. The summed E-state index contributed by atoms with van der Waals surface area (Å²) in [5.41, 5.74) is -1.12. The molecule has 0 aliphatic heterocycles. The number of halogens is 1. The average molecular weight is 286 g/mol. The third-order valence-corrected chi connectivity index (χ3v) is 3.42. The lowest BCUT2D eigenvalue weighted by molar-refractivity contribution is -0.144. The van der Waals surface area contributed by atoms with Crippen LogP contribution < -0.4 is 5.32 Å². The first kappa shape index (κ1) is 15.8. The number of benzene rings is 1. The topological polar surface area (TPSA) is 58.6 Å². The van der Waals surface area contributed by atoms with Crippen LogP contribution in [0.2, 0.25) is 5.02 Å². The van der Waals surface area contributed by atoms with Crippen molar-refractivity contribution >= 4 is 23.3 Å². The predicted molar refractivity (Wildman–Crippen MR) is 76.8 cm³/mol. The number of aliphatic carboxylic acids is 1. The van der Waals surface area contributed by atoms with E-state index in [4.69, 9.17) is 16.3 Å². The largest absolute Gasteiger partial charge is 0.480 e. The van der Waals surface area contributed by atoms with E-state index < -0.39 is 17.1 Å². The van der Waals surface area contributed by atoms with Gasteiger partial charge in [0.15, 0.2) is 0 Å². The third kappa shape index (κ3) is 4.11. The van der Waals surface area contributed by atoms with Gasteiger partial charge in [0.1, 0.15) is 5.54 Å². The molecule has 19 heavy (non-hydrogen) atoms. The number of carbonyl (C=O) groups is 1. The van der Waals surface area contributed by atoms with Crippen LogP contribution >= 0.6 is 11.6 Å². The van der Waals surface area contributed by atoms with Crippen LogP contribution in [0.5, 0.6) is 0 Å². The number of para-hydroxylation sites is 1. The molecule has 1 rings (SSSR count). The molecule has 0 bridgehead atoms. The van der Waals surface area contributed by atoms with Crippen molar-refractivity contribution in [3.05, 3.63) is 29.3 Å². The second-order valence-corrected chi connectivity index (χ2v) is 5.79. The Balaban J connectivity index is 3.01. The number of carboxylic acids is 1. The lowest BCUT2D eigenvalue weighted by Gasteiger charge is -2.35. The van der Waals surface area contributed by atoms with Crippen LogP contribution in [0.1, 0.15) is 27.2 Å². The van der Waals surface area contributed by atoms with E-state index >= 15 is 0 Å². The molecule has 0 aromatic heterocycles. The smallest absolute Gasteiger partial charge is 0.329 e. The zero-order valence-corrected chi connectivity index (χ0v) is 12.4. The number of rotatable bonds is 6. The molecule has 0 heterocycles. The van der Waals surface area contributed by atoms with Gasteiger partial charge >= 0.3 is 5.97 Å². The lowest BCUT2D eigenvalue weighted by Crippen LogP contribution is -2.49. The van der Waals surface area contributed by atoms with Gasteiger partial charge in [-0.05, 0) is 32.9 Å². The van der Waals surface area contributed by atoms with E-state index in [1.165, 1.54) is 0 Å². The molecule has 0 saturated heterocycles. The van der Waals surface area contributed by atoms with Crippen molar-refractivity contribution in [2.24, 2.45) is 0 Å². The summed E-state index contributed by atoms with van der Waals surface area (Å²) in [6.07, 6.45) is 0.303. The molecule has 106 valence electrons. The molecule has 0 radical (unpaired) electrons. The number of anilines is 1. The zero-order chi connectivity index (χ0) is 14.7. The first-order valence-electron chi connectivity index (χ1n) is 6.01. The average Bonchev–Trinajstić information content (AvgIpc) is 2.31. The van der Waals surface area contributed by atoms with Crippen molar-refractivity contribution < 1.29 is 14.6 Å². The van der Waals surface area contributed by atoms with Crippen LogP contribution in [0.4, 0.5) is 5.69 Å². The number of methoxy groups -OCH3 is 1. The molecule has 0 saturated carbocycles. The SMILES string of the molecule is COC(C)(C)CC(C)(Nc1ccccc1Cl)C(=O)O. The highest BCUT2D eigenvalue weighted by Gasteiger charge is 2.39. The standard InChI is InChI=1S/C14H20ClNO3/c1-13(2,19-4)9-14(3,12(17)18)16-11-8-6-5-7-10(11)15/h5-8,16H,9H2,1-4H3,(H,17,18). The van der Waals surface area contributed by atoms with Crippen molar-refractivity contribution in [1.29, 1.82) is 0 Å². The van der Waals surface area contributed by atoms with E-state index in [0.29, 0.717) is 17.1 Å². The Kier molecular flexibility index (Phi) is 4.82. The van der Waals surface area contributed by atoms with Crippen molar-refractivity contribution in [3.8, 4) is 0 Å². The van der Waals surface area contributed by atoms with Crippen LogP contribution in [0.25, 0.3) is 0 Å². The second-order valence-electron chi connectivity index (χ2n) is 5.38. The molecule has 0 fully saturated rings. The number of carboxylic acid groups (broad SMARTS) is 1. The van der Waals surface area contributed by atoms with E-state index in [9.17, 15) is 9.90 Å². The Labute approximate surface area is 118 Å². The van der Waals surface area contributed by atoms with Gasteiger partial charge in [0.05, 0.1) is 16.3 Å². The molecule has 5 heteroatoms. The van der Waals surface area contributed by atoms with Crippen LogP contribution in [0.3, 0.4) is 0 Å². The normalized spacial score (nSPS) is 14.8. The highest BCUT2D eigenvalue weighted by Crippen LogP contribution is 2.30. The molecule has 0 amide bonds. The summed E-state index contributed by atoms with van der Waals surface area (Å²) in [5, 5.41) is 13.0. The van der Waals surface area contributed by atoms with Crippen molar-refractivity contribution in [3.63, 3.8) is 0 Å². The summed E-state index contributed by atoms with van der Waals surface area (Å²) in [5.74, 6) is -0.947. The zero-order valence-electron chi connectivity index (χ0n) is 11.7. The van der Waals surface area contributed by atoms with Gasteiger partial charge in [-0.15, -0.1) is 0 Å². The summed E-state index contributed by atoms with van der Waals surface area (Å²) >= 11 is 6.05. The van der Waals surface area contributed by atoms with Gasteiger partial charge in [-0.3, -0.25) is 0 Å². The molecule has 1 aromatic rings. The maximum atomic E-state index is 11.6. The Morgan fingerprint density at radius 2 is 1.95 bits per heavy atom. The van der Waals surface area contributed by atoms with Crippen molar-refractivity contribution in [2.45, 2.75) is 38.3 Å². The Morgan fingerprint density at radius 1 is 1.37 bits per heavy atom. The van der Waals surface area contributed by atoms with Crippen molar-refractivity contribution in [2.75, 3.05) is 12.4 Å². The molecular formula is C14H20ClNO3. The van der Waals surface area contributed by atoms with Crippen LogP contribution in [-0.4, -0.2) is 29.3 Å². The first-order chi connectivity index (χ1) is 8.70. The van der Waals surface area contributed by atoms with Crippen LogP contribution in [-0.2, 0) is 9.53 Å². The van der Waals surface area contributed by atoms with Gasteiger partial charge in [0.2, 0.25) is 0 Å². The molecule has 0 aliphatic carbocycles. The van der Waals surface area contributed by atoms with Gasteiger partial charge < -0.3 is 15.2 Å². The van der Waals surface area contributed by atoms with E-state index in [0.717, 1.165) is 0 Å². The maximum absolute atomic E-state index is 11.6. The monoisotopic (exact) mass is 285 g/mol. The summed E-state index contributed by atoms with van der Waals surface area (Å²) in [7, 11) is 1.57. The van der Waals surface area contributed by atoms with Crippen LogP contribution in [0.15, 0.2) is 24.3 Å². The number of hydrogen-bond donors (Lipinski definition) is 2. The first-order valence-corrected chi connectivity index (χ1v) is 6.39. The second kappa shape index (κ2) is 5.80. The lowest BCUT2D eigenvalue weighted by atomic mass is 9.87. The molecule has 4 nitrogen and oxygen atoms in total. The van der Waals surface area contributed by atoms with Crippen molar-refractivity contribution in [1.82, 2.24) is 0 Å². The van der Waals surface area contributed by atoms with E-state index in [2.05, 4.69) is 5.32 Å². The summed E-state index contributed by atoms with van der Waals surface area (Å²) < 4.78 is 5.32. The van der Waals surface area contributed by atoms with Gasteiger partial charge in [0, 0.05) is 13.5 Å². The van der Waals surface area contributed by atoms with E-state index in [1.54, 1.807) is 38.3 Å². The minimum atomic E-state index is -1.16. The van der Waals surface area contributed by atoms with Gasteiger partial charge in [-0.2, -0.15) is 0 Å². The number of nitrogens with one attached hydrogen (secondary N) is 1. The van der Waals surface area contributed by atoms with Gasteiger partial charge in [-0.1, -0.05) is 23.7 Å². The van der Waals surface area contributed by atoms with Gasteiger partial charge in [-0.25, -0.2) is 4.79 Å². The van der Waals surface area contributed by atoms with Crippen LogP contribution in [0, 0.1) is 0 Å². The maximum Gasteiger partial charge on any atom is 0.329 e. The summed E-state index contributed by atoms with van der Waals surface area (Å²) in [6.45, 7) is 5.32. The fourth-order valence-electron chi connectivity index (χ4n) is 1.96.